The smallest absolute Gasteiger partial charge is 0.303 e. The van der Waals surface area contributed by atoms with E-state index in [2.05, 4.69) is 10.1 Å². The standard InChI is InChI=1S/C12H16N4O3/c1-15-11-9(7-14-15)12(19)16(8-13-11)6-4-2-3-5-10(17)18/h7-8H,2-6H2,1H3,(H,17,18). The second kappa shape index (κ2) is 5.64. The second-order valence-electron chi connectivity index (χ2n) is 4.45. The Morgan fingerprint density at radius 2 is 2.16 bits per heavy atom. The molecule has 0 spiro atoms. The zero-order chi connectivity index (χ0) is 13.8. The molecule has 0 aliphatic rings. The van der Waals surface area contributed by atoms with E-state index in [-0.39, 0.29) is 12.0 Å². The number of nitrogens with zero attached hydrogens (tertiary/aromatic N) is 4. The van der Waals surface area contributed by atoms with Crippen LogP contribution in [-0.2, 0) is 18.4 Å². The van der Waals surface area contributed by atoms with Crippen LogP contribution in [0.3, 0.4) is 0 Å². The third-order valence-corrected chi connectivity index (χ3v) is 3.01. The molecule has 0 bridgehead atoms. The maximum absolute atomic E-state index is 12.1. The highest BCUT2D eigenvalue weighted by atomic mass is 16.4. The minimum Gasteiger partial charge on any atom is -0.481 e. The van der Waals surface area contributed by atoms with Crippen molar-refractivity contribution in [3.8, 4) is 0 Å². The average Bonchev–Trinajstić information content (AvgIpc) is 2.74. The molecule has 0 saturated carbocycles. The number of hydrogen-bond donors (Lipinski definition) is 1. The highest BCUT2D eigenvalue weighted by Crippen LogP contribution is 2.05. The van der Waals surface area contributed by atoms with Crippen LogP contribution in [0, 0.1) is 0 Å². The highest BCUT2D eigenvalue weighted by molar-refractivity contribution is 5.72. The first-order chi connectivity index (χ1) is 9.09. The summed E-state index contributed by atoms with van der Waals surface area (Å²) in [6.45, 7) is 0.552. The van der Waals surface area contributed by atoms with E-state index in [1.807, 2.05) is 0 Å². The van der Waals surface area contributed by atoms with Crippen molar-refractivity contribution in [2.24, 2.45) is 7.05 Å². The summed E-state index contributed by atoms with van der Waals surface area (Å²) in [5, 5.41) is 13.0. The van der Waals surface area contributed by atoms with Gasteiger partial charge in [-0.1, -0.05) is 6.42 Å². The highest BCUT2D eigenvalue weighted by Gasteiger charge is 2.07. The largest absolute Gasteiger partial charge is 0.481 e. The molecule has 0 aromatic carbocycles. The molecule has 19 heavy (non-hydrogen) atoms. The number of aliphatic carboxylic acids is 1. The number of fused-ring (bicyclic) bond motifs is 1. The monoisotopic (exact) mass is 264 g/mol. The summed E-state index contributed by atoms with van der Waals surface area (Å²) >= 11 is 0. The van der Waals surface area contributed by atoms with Crippen LogP contribution in [-0.4, -0.2) is 30.4 Å². The van der Waals surface area contributed by atoms with E-state index in [4.69, 9.17) is 5.11 Å². The van der Waals surface area contributed by atoms with Gasteiger partial charge in [0.2, 0.25) is 0 Å². The summed E-state index contributed by atoms with van der Waals surface area (Å²) in [5.74, 6) is -0.782. The van der Waals surface area contributed by atoms with Gasteiger partial charge in [0.05, 0.1) is 12.5 Å². The Morgan fingerprint density at radius 3 is 2.89 bits per heavy atom. The van der Waals surface area contributed by atoms with E-state index in [0.29, 0.717) is 24.0 Å². The van der Waals surface area contributed by atoms with E-state index in [1.165, 1.54) is 12.5 Å². The lowest BCUT2D eigenvalue weighted by Gasteiger charge is -2.04. The normalized spacial score (nSPS) is 11.0. The molecular formula is C12H16N4O3. The van der Waals surface area contributed by atoms with Crippen LogP contribution < -0.4 is 5.56 Å². The molecule has 7 nitrogen and oxygen atoms in total. The number of unbranched alkanes of at least 4 members (excludes halogenated alkanes) is 2. The second-order valence-corrected chi connectivity index (χ2v) is 4.45. The van der Waals surface area contributed by atoms with E-state index >= 15 is 0 Å². The first kappa shape index (κ1) is 13.3. The Labute approximate surface area is 109 Å². The van der Waals surface area contributed by atoms with Crippen molar-refractivity contribution in [2.75, 3.05) is 0 Å². The fourth-order valence-electron chi connectivity index (χ4n) is 1.96. The third kappa shape index (κ3) is 2.98. The Morgan fingerprint density at radius 1 is 1.37 bits per heavy atom. The van der Waals surface area contributed by atoms with Crippen molar-refractivity contribution in [3.05, 3.63) is 22.9 Å². The van der Waals surface area contributed by atoms with Crippen molar-refractivity contribution < 1.29 is 9.90 Å². The number of hydrogen-bond acceptors (Lipinski definition) is 4. The summed E-state index contributed by atoms with van der Waals surface area (Å²) in [6, 6.07) is 0. The molecule has 2 heterocycles. The molecule has 0 aliphatic carbocycles. The Kier molecular flexibility index (Phi) is 3.94. The van der Waals surface area contributed by atoms with E-state index in [0.717, 1.165) is 12.8 Å². The van der Waals surface area contributed by atoms with Gasteiger partial charge in [-0.15, -0.1) is 0 Å². The fraction of sp³-hybridized carbons (Fsp3) is 0.500. The number of aromatic nitrogens is 4. The van der Waals surface area contributed by atoms with Gasteiger partial charge in [-0.3, -0.25) is 18.8 Å². The molecule has 0 atom stereocenters. The Balaban J connectivity index is 1.99. The molecule has 0 unspecified atom stereocenters. The number of rotatable bonds is 6. The van der Waals surface area contributed by atoms with Gasteiger partial charge in [0.25, 0.3) is 5.56 Å². The van der Waals surface area contributed by atoms with Crippen LogP contribution >= 0.6 is 0 Å². The quantitative estimate of drug-likeness (QED) is 0.778. The summed E-state index contributed by atoms with van der Waals surface area (Å²) in [5.41, 5.74) is 0.475. The lowest BCUT2D eigenvalue weighted by atomic mass is 10.2. The molecule has 7 heteroatoms. The van der Waals surface area contributed by atoms with Gasteiger partial charge in [-0.25, -0.2) is 4.98 Å². The number of carboxylic acids is 1. The van der Waals surface area contributed by atoms with Crippen LogP contribution in [0.1, 0.15) is 25.7 Å². The SMILES string of the molecule is Cn1ncc2c(=O)n(CCCCCC(=O)O)cnc21. The molecule has 0 radical (unpaired) electrons. The lowest BCUT2D eigenvalue weighted by molar-refractivity contribution is -0.137. The lowest BCUT2D eigenvalue weighted by Crippen LogP contribution is -2.20. The Bertz CT molecular complexity index is 644. The van der Waals surface area contributed by atoms with Gasteiger partial charge in [-0.2, -0.15) is 5.10 Å². The van der Waals surface area contributed by atoms with Gasteiger partial charge in [-0.05, 0) is 12.8 Å². The molecule has 1 N–H and O–H groups in total. The maximum Gasteiger partial charge on any atom is 0.303 e. The van der Waals surface area contributed by atoms with Gasteiger partial charge >= 0.3 is 5.97 Å². The summed E-state index contributed by atoms with van der Waals surface area (Å²) in [7, 11) is 1.74. The molecule has 0 amide bonds. The van der Waals surface area contributed by atoms with Crippen molar-refractivity contribution in [1.82, 2.24) is 19.3 Å². The molecule has 0 fully saturated rings. The van der Waals surface area contributed by atoms with Crippen LogP contribution in [0.15, 0.2) is 17.3 Å². The van der Waals surface area contributed by atoms with Gasteiger partial charge in [0, 0.05) is 20.0 Å². The van der Waals surface area contributed by atoms with Crippen molar-refractivity contribution in [2.45, 2.75) is 32.2 Å². The van der Waals surface area contributed by atoms with Crippen LogP contribution in [0.4, 0.5) is 0 Å². The summed E-state index contributed by atoms with van der Waals surface area (Å²) < 4.78 is 3.11. The van der Waals surface area contributed by atoms with E-state index in [1.54, 1.807) is 16.3 Å². The predicted octanol–water partition coefficient (Wildman–Crippen LogP) is 0.775. The first-order valence-electron chi connectivity index (χ1n) is 6.18. The van der Waals surface area contributed by atoms with Gasteiger partial charge < -0.3 is 5.11 Å². The van der Waals surface area contributed by atoms with E-state index in [9.17, 15) is 9.59 Å². The third-order valence-electron chi connectivity index (χ3n) is 3.01. The minimum absolute atomic E-state index is 0.101. The zero-order valence-electron chi connectivity index (χ0n) is 10.7. The van der Waals surface area contributed by atoms with Crippen molar-refractivity contribution in [3.63, 3.8) is 0 Å². The van der Waals surface area contributed by atoms with Crippen molar-refractivity contribution >= 4 is 17.0 Å². The van der Waals surface area contributed by atoms with Crippen LogP contribution in [0.5, 0.6) is 0 Å². The number of aryl methyl sites for hydroxylation is 2. The van der Waals surface area contributed by atoms with Gasteiger partial charge in [0.1, 0.15) is 5.39 Å². The molecular weight excluding hydrogens is 248 g/mol. The average molecular weight is 264 g/mol. The summed E-state index contributed by atoms with van der Waals surface area (Å²) in [6.07, 6.45) is 5.39. The minimum atomic E-state index is -0.782. The topological polar surface area (TPSA) is 90.0 Å². The molecule has 2 aromatic heterocycles. The van der Waals surface area contributed by atoms with Crippen molar-refractivity contribution in [1.29, 1.82) is 0 Å². The molecule has 2 rings (SSSR count). The fourth-order valence-corrected chi connectivity index (χ4v) is 1.96. The number of carbonyl (C=O) groups is 1. The maximum atomic E-state index is 12.1. The van der Waals surface area contributed by atoms with E-state index < -0.39 is 5.97 Å². The molecule has 102 valence electrons. The van der Waals surface area contributed by atoms with Gasteiger partial charge in [0.15, 0.2) is 5.65 Å². The molecule has 0 saturated heterocycles. The molecule has 0 aliphatic heterocycles. The van der Waals surface area contributed by atoms with Crippen LogP contribution in [0.2, 0.25) is 0 Å². The molecule has 2 aromatic rings. The number of carboxylic acid groups (broad SMARTS) is 1. The predicted molar refractivity (Wildman–Crippen MR) is 68.9 cm³/mol. The van der Waals surface area contributed by atoms with Crippen LogP contribution in [0.25, 0.3) is 11.0 Å². The first-order valence-corrected chi connectivity index (χ1v) is 6.18. The summed E-state index contributed by atoms with van der Waals surface area (Å²) in [4.78, 5) is 26.6. The Hall–Kier alpha value is -2.18. The zero-order valence-corrected chi connectivity index (χ0v) is 10.7.